The summed E-state index contributed by atoms with van der Waals surface area (Å²) >= 11 is 12.4. The number of aryl methyl sites for hydroxylation is 2. The maximum atomic E-state index is 13.3. The van der Waals surface area contributed by atoms with Crippen molar-refractivity contribution in [2.24, 2.45) is 25.4 Å². The van der Waals surface area contributed by atoms with Crippen LogP contribution in [0, 0.1) is 13.8 Å². The second-order valence-electron chi connectivity index (χ2n) is 15.4. The fourth-order valence-corrected chi connectivity index (χ4v) is 9.38. The second-order valence-corrected chi connectivity index (χ2v) is 19.0. The number of nitrogens with zero attached hydrogens (tertiary/aromatic N) is 5. The molecule has 8 aromatic rings. The summed E-state index contributed by atoms with van der Waals surface area (Å²) in [6, 6.07) is 35.0. The molecule has 0 radical (unpaired) electrons. The van der Waals surface area contributed by atoms with Crippen LogP contribution in [0.3, 0.4) is 0 Å². The van der Waals surface area contributed by atoms with Crippen LogP contribution < -0.4 is 25.0 Å². The Bertz CT molecular complexity index is 3790. The summed E-state index contributed by atoms with van der Waals surface area (Å²) in [5.41, 5.74) is 0.260. The minimum atomic E-state index is -4.70. The van der Waals surface area contributed by atoms with Crippen molar-refractivity contribution in [3.8, 4) is 23.0 Å². The Hall–Kier alpha value is -6.41. The van der Waals surface area contributed by atoms with Crippen LogP contribution in [0.5, 0.6) is 23.0 Å². The Kier molecular flexibility index (Phi) is 18.1. The van der Waals surface area contributed by atoms with E-state index in [1.807, 2.05) is 0 Å². The van der Waals surface area contributed by atoms with Gasteiger partial charge < -0.3 is 30.1 Å². The van der Waals surface area contributed by atoms with Gasteiger partial charge in [0.2, 0.25) is 0 Å². The van der Waals surface area contributed by atoms with Gasteiger partial charge in [-0.25, -0.2) is 0 Å². The van der Waals surface area contributed by atoms with E-state index in [1.54, 1.807) is 111 Å². The molecule has 8 rings (SSSR count). The molecule has 368 valence electrons. The molecule has 0 aliphatic heterocycles. The fourth-order valence-electron chi connectivity index (χ4n) is 7.18. The summed E-state index contributed by atoms with van der Waals surface area (Å²) in [6.07, 6.45) is 0. The van der Waals surface area contributed by atoms with E-state index >= 15 is 0 Å². The van der Waals surface area contributed by atoms with E-state index in [2.05, 4.69) is 30.8 Å². The number of azo groups is 2. The number of carbonyl (C=O) groups excluding carboxylic acids is 1. The summed E-state index contributed by atoms with van der Waals surface area (Å²) in [5, 5.41) is 57.7. The van der Waals surface area contributed by atoms with Crippen LogP contribution in [0.15, 0.2) is 169 Å². The molecule has 0 aliphatic carbocycles. The summed E-state index contributed by atoms with van der Waals surface area (Å²) < 4.78 is 77.3. The van der Waals surface area contributed by atoms with Crippen LogP contribution in [-0.2, 0) is 20.2 Å². The summed E-state index contributed by atoms with van der Waals surface area (Å²) in [6.45, 7) is 3.19. The third-order valence-corrected chi connectivity index (χ3v) is 12.8. The summed E-state index contributed by atoms with van der Waals surface area (Å²) in [4.78, 5) is 16.0. The minimum absolute atomic E-state index is 0. The van der Waals surface area contributed by atoms with Crippen molar-refractivity contribution in [2.45, 2.75) is 23.6 Å². The van der Waals surface area contributed by atoms with Crippen molar-refractivity contribution in [1.29, 1.82) is 0 Å². The molecule has 0 fully saturated rings. The Morgan fingerprint density at radius 3 is 1.58 bits per heavy atom. The zero-order valence-corrected chi connectivity index (χ0v) is 46.3. The monoisotopic (exact) mass is 1190 g/mol. The van der Waals surface area contributed by atoms with E-state index in [1.165, 1.54) is 50.6 Å². The van der Waals surface area contributed by atoms with E-state index in [-0.39, 0.29) is 98.5 Å². The number of amides is 1. The van der Waals surface area contributed by atoms with Gasteiger partial charge in [0.15, 0.2) is 5.75 Å². The zero-order valence-electron chi connectivity index (χ0n) is 38.7. The molecule has 23 heteroatoms. The molecule has 18 nitrogen and oxygen atoms in total. The maximum Gasteiger partial charge on any atom is 2.00 e. The molecule has 1 amide bonds. The van der Waals surface area contributed by atoms with Crippen LogP contribution in [0.1, 0.15) is 27.0 Å². The zero-order chi connectivity index (χ0) is 52.1. The molecular weight excluding hydrogens is 1150 g/mol. The Morgan fingerprint density at radius 1 is 0.603 bits per heavy atom. The van der Waals surface area contributed by atoms with E-state index in [0.717, 1.165) is 0 Å². The van der Waals surface area contributed by atoms with Crippen LogP contribution in [0.25, 0.3) is 21.5 Å². The number of methoxy groups -OCH3 is 2. The van der Waals surface area contributed by atoms with Crippen molar-refractivity contribution in [1.82, 2.24) is 0 Å². The average molecular weight is 1190 g/mol. The minimum Gasteiger partial charge on any atom is -0.871 e. The number of anilines is 1. The van der Waals surface area contributed by atoms with Crippen molar-refractivity contribution >= 4 is 160 Å². The number of hydrogen-bond donors (Lipinski definition) is 4. The van der Waals surface area contributed by atoms with E-state index in [0.29, 0.717) is 49.9 Å². The number of nitrogens with one attached hydrogen (secondary N) is 1. The number of benzene rings is 8. The van der Waals surface area contributed by atoms with Gasteiger partial charge in [-0.2, -0.15) is 21.9 Å². The number of rotatable bonds is 12. The molecule has 0 aliphatic rings. The molecule has 0 aromatic heterocycles. The first-order valence-electron chi connectivity index (χ1n) is 20.9. The van der Waals surface area contributed by atoms with Gasteiger partial charge in [0, 0.05) is 10.8 Å². The van der Waals surface area contributed by atoms with Gasteiger partial charge >= 0.3 is 48.9 Å². The Labute approximate surface area is 468 Å². The molecule has 0 heterocycles. The van der Waals surface area contributed by atoms with Crippen molar-refractivity contribution < 1.29 is 55.5 Å². The van der Waals surface area contributed by atoms with E-state index < -0.39 is 53.3 Å². The van der Waals surface area contributed by atoms with Gasteiger partial charge in [-0.05, 0) is 108 Å². The number of aromatic hydroxyl groups is 1. The van der Waals surface area contributed by atoms with Crippen LogP contribution in [0.2, 0.25) is 10.0 Å². The van der Waals surface area contributed by atoms with Crippen molar-refractivity contribution in [3.63, 3.8) is 0 Å². The van der Waals surface area contributed by atoms with Gasteiger partial charge in [0.1, 0.15) is 44.0 Å². The molecule has 0 bridgehead atoms. The predicted molar refractivity (Wildman–Crippen MR) is 275 cm³/mol. The number of hydrogen-bond acceptors (Lipinski definition) is 15. The molecular formula is C50H38BaCl2N6O12S2. The number of fused-ring (bicyclic) bond motifs is 2. The van der Waals surface area contributed by atoms with Gasteiger partial charge in [-0.1, -0.05) is 102 Å². The fraction of sp³-hybridized carbons (Fsp3) is 0.0800. The van der Waals surface area contributed by atoms with Gasteiger partial charge in [0.25, 0.3) is 26.1 Å². The smallest absolute Gasteiger partial charge is 0.871 e. The molecule has 4 N–H and O–H groups in total. The molecule has 8 aromatic carbocycles. The number of carbonyl (C=O) groups is 1. The molecule has 0 saturated heterocycles. The normalized spacial score (nSPS) is 11.9. The van der Waals surface area contributed by atoms with Crippen LogP contribution in [0.4, 0.5) is 34.1 Å². The first-order chi connectivity index (χ1) is 34.2. The third-order valence-electron chi connectivity index (χ3n) is 10.5. The molecule has 0 spiro atoms. The van der Waals surface area contributed by atoms with Crippen molar-refractivity contribution in [2.75, 3.05) is 19.5 Å². The van der Waals surface area contributed by atoms with Gasteiger partial charge in [-0.15, -0.1) is 15.3 Å². The largest absolute Gasteiger partial charge is 2.00 e. The Balaban J connectivity index is 0.000000235. The van der Waals surface area contributed by atoms with Gasteiger partial charge in [-0.3, -0.25) is 18.9 Å². The standard InChI is InChI=1S/2C25H20ClN3O6S.Ba/c2*1-14-11-18(26)23(21(12-14)36(32,33)34)29-28-22-16-8-4-3-7-15(16)13-17(24(22)30)25(31)27-19-9-5-6-10-20(19)35-2;/h2*3-13,30H,1-2H3,(H,27,31)(H,32,33,34);/q;;+2/p-2. The topological polar surface area (TPSA) is 284 Å². The maximum absolute atomic E-state index is 13.3. The SMILES string of the molecule is COc1ccccc1N=C([O-])c1cc2ccccc2c(N=Nc2c(Cl)cc(C)cc2S(=O)(=O)O)c1[O-].COc1ccccc1NC(=O)c1cc2ccccc2c(N=Nc2c(Cl)cc(C)cc2S(=O)(=O)O)c1O.[Ba+2]. The van der Waals surface area contributed by atoms with Crippen LogP contribution in [-0.4, -0.2) is 106 Å². The number of ether oxygens (including phenoxy) is 2. The quantitative estimate of drug-likeness (QED) is 0.0292. The first-order valence-corrected chi connectivity index (χ1v) is 24.5. The number of halogens is 2. The first kappa shape index (κ1) is 55.9. The Morgan fingerprint density at radius 2 is 1.04 bits per heavy atom. The van der Waals surface area contributed by atoms with Gasteiger partial charge in [0.05, 0.1) is 41.2 Å². The third kappa shape index (κ3) is 12.9. The van der Waals surface area contributed by atoms with Crippen molar-refractivity contribution in [3.05, 3.63) is 166 Å². The molecule has 0 saturated carbocycles. The number of aliphatic imine (C=N–C) groups is 1. The van der Waals surface area contributed by atoms with E-state index in [4.69, 9.17) is 32.7 Å². The second kappa shape index (κ2) is 23.6. The predicted octanol–water partition coefficient (Wildman–Crippen LogP) is 11.0. The molecule has 0 unspecified atom stereocenters. The average Bonchev–Trinajstić information content (AvgIpc) is 3.33. The summed E-state index contributed by atoms with van der Waals surface area (Å²) in [7, 11) is -6.47. The summed E-state index contributed by atoms with van der Waals surface area (Å²) in [5.74, 6) is -1.92. The molecule has 0 atom stereocenters. The molecule has 73 heavy (non-hydrogen) atoms. The number of phenolic OH excluding ortho intramolecular Hbond substituents is 1. The number of phenols is 1. The van der Waals surface area contributed by atoms with Crippen LogP contribution >= 0.6 is 23.2 Å². The van der Waals surface area contributed by atoms with E-state index in [9.17, 15) is 46.1 Å². The number of para-hydroxylation sites is 4.